The Kier molecular flexibility index (Phi) is 4.19. The normalized spacial score (nSPS) is 12.7. The third-order valence-electron chi connectivity index (χ3n) is 2.91. The van der Waals surface area contributed by atoms with Crippen LogP contribution in [0, 0.1) is 12.7 Å². The second-order valence-corrected chi connectivity index (χ2v) is 4.86. The molecule has 2 nitrogen and oxygen atoms in total. The van der Waals surface area contributed by atoms with Gasteiger partial charge in [-0.05, 0) is 58.7 Å². The molecule has 0 saturated heterocycles. The number of hydrogen-bond acceptors (Lipinski definition) is 2. The van der Waals surface area contributed by atoms with Gasteiger partial charge in [0.1, 0.15) is 5.82 Å². The summed E-state index contributed by atoms with van der Waals surface area (Å²) < 4.78 is 19.2. The SMILES string of the molecule is CCNC(c1ccc(F)cc1C)c1ccoc1Br. The van der Waals surface area contributed by atoms with Gasteiger partial charge in [0.15, 0.2) is 4.67 Å². The molecule has 1 aromatic heterocycles. The van der Waals surface area contributed by atoms with E-state index < -0.39 is 0 Å². The second-order valence-electron chi connectivity index (χ2n) is 4.14. The molecule has 1 N–H and O–H groups in total. The van der Waals surface area contributed by atoms with Gasteiger partial charge < -0.3 is 9.73 Å². The number of hydrogen-bond donors (Lipinski definition) is 1. The van der Waals surface area contributed by atoms with Crippen molar-refractivity contribution >= 4 is 15.9 Å². The summed E-state index contributed by atoms with van der Waals surface area (Å²) in [6, 6.07) is 6.77. The third kappa shape index (κ3) is 2.65. The molecule has 2 aromatic rings. The van der Waals surface area contributed by atoms with Crippen molar-refractivity contribution < 1.29 is 8.81 Å². The summed E-state index contributed by atoms with van der Waals surface area (Å²) in [7, 11) is 0. The lowest BCUT2D eigenvalue weighted by Crippen LogP contribution is -2.22. The smallest absolute Gasteiger partial charge is 0.174 e. The molecule has 0 amide bonds. The van der Waals surface area contributed by atoms with Crippen LogP contribution in [0.25, 0.3) is 0 Å². The zero-order valence-electron chi connectivity index (χ0n) is 10.3. The summed E-state index contributed by atoms with van der Waals surface area (Å²) in [6.45, 7) is 4.77. The minimum atomic E-state index is -0.210. The summed E-state index contributed by atoms with van der Waals surface area (Å²) in [5, 5.41) is 3.39. The largest absolute Gasteiger partial charge is 0.457 e. The zero-order chi connectivity index (χ0) is 13.1. The molecule has 0 radical (unpaired) electrons. The fourth-order valence-corrected chi connectivity index (χ4v) is 2.53. The molecule has 0 saturated carbocycles. The highest BCUT2D eigenvalue weighted by Gasteiger charge is 2.19. The predicted molar refractivity (Wildman–Crippen MR) is 73.1 cm³/mol. The fourth-order valence-electron chi connectivity index (χ4n) is 2.06. The minimum absolute atomic E-state index is 0.00345. The van der Waals surface area contributed by atoms with E-state index in [4.69, 9.17) is 4.42 Å². The Morgan fingerprint density at radius 1 is 1.33 bits per heavy atom. The lowest BCUT2D eigenvalue weighted by molar-refractivity contribution is 0.526. The molecule has 1 aromatic carbocycles. The van der Waals surface area contributed by atoms with Gasteiger partial charge in [0.2, 0.25) is 0 Å². The van der Waals surface area contributed by atoms with Crippen molar-refractivity contribution in [2.24, 2.45) is 0 Å². The van der Waals surface area contributed by atoms with Gasteiger partial charge in [0.05, 0.1) is 12.3 Å². The van der Waals surface area contributed by atoms with Crippen molar-refractivity contribution in [1.29, 1.82) is 0 Å². The Balaban J connectivity index is 2.45. The number of rotatable bonds is 4. The summed E-state index contributed by atoms with van der Waals surface area (Å²) in [5.41, 5.74) is 3.00. The molecule has 0 spiro atoms. The number of aryl methyl sites for hydroxylation is 1. The lowest BCUT2D eigenvalue weighted by atomic mass is 9.96. The van der Waals surface area contributed by atoms with E-state index in [0.29, 0.717) is 4.67 Å². The number of halogens is 2. The molecule has 0 aliphatic heterocycles. The average molecular weight is 312 g/mol. The highest BCUT2D eigenvalue weighted by Crippen LogP contribution is 2.31. The lowest BCUT2D eigenvalue weighted by Gasteiger charge is -2.19. The molecule has 2 rings (SSSR count). The van der Waals surface area contributed by atoms with Crippen LogP contribution < -0.4 is 5.32 Å². The minimum Gasteiger partial charge on any atom is -0.457 e. The molecule has 4 heteroatoms. The third-order valence-corrected chi connectivity index (χ3v) is 3.55. The van der Waals surface area contributed by atoms with Crippen LogP contribution in [-0.4, -0.2) is 6.54 Å². The van der Waals surface area contributed by atoms with Gasteiger partial charge in [-0.1, -0.05) is 13.0 Å². The molecule has 96 valence electrons. The maximum atomic E-state index is 13.2. The van der Waals surface area contributed by atoms with Crippen molar-refractivity contribution in [2.75, 3.05) is 6.54 Å². The number of nitrogens with one attached hydrogen (secondary N) is 1. The summed E-state index contributed by atoms with van der Waals surface area (Å²) >= 11 is 3.39. The quantitative estimate of drug-likeness (QED) is 0.916. The molecular formula is C14H15BrFNO. The molecule has 1 atom stereocenters. The van der Waals surface area contributed by atoms with E-state index >= 15 is 0 Å². The van der Waals surface area contributed by atoms with Crippen LogP contribution in [0.15, 0.2) is 39.6 Å². The maximum Gasteiger partial charge on any atom is 0.174 e. The molecule has 1 heterocycles. The predicted octanol–water partition coefficient (Wildman–Crippen LogP) is 4.19. The Morgan fingerprint density at radius 2 is 2.11 bits per heavy atom. The molecule has 0 aliphatic carbocycles. The first kappa shape index (κ1) is 13.3. The molecule has 0 bridgehead atoms. The van der Waals surface area contributed by atoms with E-state index in [1.165, 1.54) is 6.07 Å². The highest BCUT2D eigenvalue weighted by atomic mass is 79.9. The van der Waals surface area contributed by atoms with Crippen LogP contribution >= 0.6 is 15.9 Å². The Labute approximate surface area is 114 Å². The monoisotopic (exact) mass is 311 g/mol. The molecule has 18 heavy (non-hydrogen) atoms. The second kappa shape index (κ2) is 5.67. The van der Waals surface area contributed by atoms with E-state index in [1.807, 2.05) is 26.0 Å². The molecular weight excluding hydrogens is 297 g/mol. The number of benzene rings is 1. The van der Waals surface area contributed by atoms with Crippen molar-refractivity contribution in [3.8, 4) is 0 Å². The van der Waals surface area contributed by atoms with Gasteiger partial charge >= 0.3 is 0 Å². The van der Waals surface area contributed by atoms with Crippen LogP contribution in [0.3, 0.4) is 0 Å². The first-order chi connectivity index (χ1) is 8.63. The topological polar surface area (TPSA) is 25.2 Å². The van der Waals surface area contributed by atoms with Crippen LogP contribution in [0.5, 0.6) is 0 Å². The summed E-state index contributed by atoms with van der Waals surface area (Å²) in [5.74, 6) is -0.210. The van der Waals surface area contributed by atoms with E-state index in [1.54, 1.807) is 12.3 Å². The Hall–Kier alpha value is -1.13. The highest BCUT2D eigenvalue weighted by molar-refractivity contribution is 9.10. The van der Waals surface area contributed by atoms with E-state index in [0.717, 1.165) is 23.2 Å². The van der Waals surface area contributed by atoms with Crippen LogP contribution in [0.4, 0.5) is 4.39 Å². The van der Waals surface area contributed by atoms with Crippen molar-refractivity contribution in [3.63, 3.8) is 0 Å². The van der Waals surface area contributed by atoms with Gasteiger partial charge in [-0.25, -0.2) is 4.39 Å². The first-order valence-electron chi connectivity index (χ1n) is 5.85. The zero-order valence-corrected chi connectivity index (χ0v) is 11.9. The summed E-state index contributed by atoms with van der Waals surface area (Å²) in [4.78, 5) is 0. The molecule has 0 fully saturated rings. The van der Waals surface area contributed by atoms with Gasteiger partial charge in [-0.2, -0.15) is 0 Å². The molecule has 0 aliphatic rings. The van der Waals surface area contributed by atoms with E-state index in [-0.39, 0.29) is 11.9 Å². The van der Waals surface area contributed by atoms with Crippen LogP contribution in [-0.2, 0) is 0 Å². The van der Waals surface area contributed by atoms with Gasteiger partial charge in [-0.3, -0.25) is 0 Å². The van der Waals surface area contributed by atoms with E-state index in [9.17, 15) is 4.39 Å². The Morgan fingerprint density at radius 3 is 2.67 bits per heavy atom. The molecule has 1 unspecified atom stereocenters. The Bertz CT molecular complexity index is 538. The van der Waals surface area contributed by atoms with Crippen LogP contribution in [0.1, 0.15) is 29.7 Å². The van der Waals surface area contributed by atoms with Crippen molar-refractivity contribution in [1.82, 2.24) is 5.32 Å². The van der Waals surface area contributed by atoms with Crippen molar-refractivity contribution in [2.45, 2.75) is 19.9 Å². The van der Waals surface area contributed by atoms with Gasteiger partial charge in [0, 0.05) is 5.56 Å². The van der Waals surface area contributed by atoms with E-state index in [2.05, 4.69) is 21.2 Å². The standard InChI is InChI=1S/C14H15BrFNO/c1-3-17-13(12-6-7-18-14(12)15)11-5-4-10(16)8-9(11)2/h4-8,13,17H,3H2,1-2H3. The summed E-state index contributed by atoms with van der Waals surface area (Å²) in [6.07, 6.45) is 1.64. The first-order valence-corrected chi connectivity index (χ1v) is 6.65. The van der Waals surface area contributed by atoms with Gasteiger partial charge in [-0.15, -0.1) is 0 Å². The van der Waals surface area contributed by atoms with Gasteiger partial charge in [0.25, 0.3) is 0 Å². The van der Waals surface area contributed by atoms with Crippen molar-refractivity contribution in [3.05, 3.63) is 57.7 Å². The fraction of sp³-hybridized carbons (Fsp3) is 0.286. The number of furan rings is 1. The average Bonchev–Trinajstić information content (AvgIpc) is 2.73. The maximum absolute atomic E-state index is 13.2. The van der Waals surface area contributed by atoms with Crippen LogP contribution in [0.2, 0.25) is 0 Å².